The number of carbonyl (C=O) groups excluding carboxylic acids is 1. The molecular weight excluding hydrogens is 999 g/mol. The van der Waals surface area contributed by atoms with E-state index in [4.69, 9.17) is 0 Å². The van der Waals surface area contributed by atoms with Crippen molar-refractivity contribution in [2.75, 3.05) is 6.61 Å². The molecule has 2 unspecified atom stereocenters. The van der Waals surface area contributed by atoms with Crippen molar-refractivity contribution in [1.82, 2.24) is 5.32 Å². The van der Waals surface area contributed by atoms with E-state index in [-0.39, 0.29) is 12.5 Å². The van der Waals surface area contributed by atoms with E-state index in [1.165, 1.54) is 424 Å². The number of amides is 1. The molecule has 1 amide bonds. The fourth-order valence-corrected chi connectivity index (χ4v) is 13.2. The van der Waals surface area contributed by atoms with Gasteiger partial charge in [-0.1, -0.05) is 457 Å². The number of unbranched alkanes of at least 4 members (excludes halogenated alkanes) is 68. The predicted octanol–water partition coefficient (Wildman–Crippen LogP) is 27.0. The fourth-order valence-electron chi connectivity index (χ4n) is 13.2. The van der Waals surface area contributed by atoms with Crippen LogP contribution >= 0.6 is 0 Å². The lowest BCUT2D eigenvalue weighted by atomic mass is 10.0. The molecule has 0 aliphatic heterocycles. The van der Waals surface area contributed by atoms with Crippen molar-refractivity contribution in [3.05, 3.63) is 0 Å². The highest BCUT2D eigenvalue weighted by Gasteiger charge is 2.20. The molecule has 0 radical (unpaired) electrons. The molecule has 0 saturated carbocycles. The van der Waals surface area contributed by atoms with Crippen LogP contribution in [-0.4, -0.2) is 34.9 Å². The van der Waals surface area contributed by atoms with Crippen LogP contribution in [0.1, 0.15) is 476 Å². The van der Waals surface area contributed by atoms with Crippen LogP contribution in [0.3, 0.4) is 0 Å². The molecule has 0 aromatic carbocycles. The molecule has 0 aromatic heterocycles. The Balaban J connectivity index is 3.32. The number of hydrogen-bond donors (Lipinski definition) is 3. The van der Waals surface area contributed by atoms with Gasteiger partial charge in [0.25, 0.3) is 0 Å². The topological polar surface area (TPSA) is 69.6 Å². The number of nitrogens with one attached hydrogen (secondary N) is 1. The van der Waals surface area contributed by atoms with Crippen molar-refractivity contribution in [3.8, 4) is 0 Å². The molecular formula is C78H157NO3. The summed E-state index contributed by atoms with van der Waals surface area (Å²) in [5.41, 5.74) is 0. The lowest BCUT2D eigenvalue weighted by Crippen LogP contribution is -2.45. The zero-order valence-corrected chi connectivity index (χ0v) is 57.1. The van der Waals surface area contributed by atoms with E-state index < -0.39 is 12.1 Å². The highest BCUT2D eigenvalue weighted by Crippen LogP contribution is 2.21. The molecule has 0 rings (SSSR count). The molecule has 0 aliphatic carbocycles. The van der Waals surface area contributed by atoms with Crippen LogP contribution in [0.2, 0.25) is 0 Å². The van der Waals surface area contributed by atoms with Crippen LogP contribution in [0.5, 0.6) is 0 Å². The van der Waals surface area contributed by atoms with E-state index in [0.29, 0.717) is 12.8 Å². The van der Waals surface area contributed by atoms with Gasteiger partial charge in [-0.3, -0.25) is 4.79 Å². The maximum absolute atomic E-state index is 12.6. The molecule has 82 heavy (non-hydrogen) atoms. The van der Waals surface area contributed by atoms with Gasteiger partial charge >= 0.3 is 0 Å². The average molecular weight is 1160 g/mol. The molecule has 0 heterocycles. The Morgan fingerprint density at radius 1 is 0.244 bits per heavy atom. The molecule has 0 aliphatic rings. The Bertz CT molecular complexity index is 1130. The lowest BCUT2D eigenvalue weighted by Gasteiger charge is -2.22. The van der Waals surface area contributed by atoms with E-state index in [1.54, 1.807) is 0 Å². The molecule has 0 spiro atoms. The van der Waals surface area contributed by atoms with Crippen molar-refractivity contribution in [1.29, 1.82) is 0 Å². The fraction of sp³-hybridized carbons (Fsp3) is 0.987. The van der Waals surface area contributed by atoms with Gasteiger partial charge in [-0.05, 0) is 12.8 Å². The van der Waals surface area contributed by atoms with Gasteiger partial charge in [-0.25, -0.2) is 0 Å². The van der Waals surface area contributed by atoms with Gasteiger partial charge in [-0.15, -0.1) is 0 Å². The summed E-state index contributed by atoms with van der Waals surface area (Å²) in [6.45, 7) is 4.43. The summed E-state index contributed by atoms with van der Waals surface area (Å²) < 4.78 is 0. The minimum absolute atomic E-state index is 0.0181. The maximum atomic E-state index is 12.6. The van der Waals surface area contributed by atoms with E-state index >= 15 is 0 Å². The summed E-state index contributed by atoms with van der Waals surface area (Å²) in [4.78, 5) is 12.6. The molecule has 0 bridgehead atoms. The van der Waals surface area contributed by atoms with Gasteiger partial charge in [-0.2, -0.15) is 0 Å². The van der Waals surface area contributed by atoms with E-state index in [2.05, 4.69) is 19.2 Å². The molecule has 3 N–H and O–H groups in total. The number of hydrogen-bond acceptors (Lipinski definition) is 3. The average Bonchev–Trinajstić information content (AvgIpc) is 3.50. The minimum Gasteiger partial charge on any atom is -0.394 e. The third kappa shape index (κ3) is 70.2. The molecule has 0 aromatic rings. The Morgan fingerprint density at radius 2 is 0.390 bits per heavy atom. The van der Waals surface area contributed by atoms with Crippen molar-refractivity contribution < 1.29 is 15.0 Å². The first-order valence-corrected chi connectivity index (χ1v) is 39.2. The smallest absolute Gasteiger partial charge is 0.220 e. The van der Waals surface area contributed by atoms with Crippen molar-refractivity contribution in [2.45, 2.75) is 488 Å². The highest BCUT2D eigenvalue weighted by molar-refractivity contribution is 5.76. The summed E-state index contributed by atoms with van der Waals surface area (Å²) in [5, 5.41) is 23.5. The minimum atomic E-state index is -0.657. The second-order valence-electron chi connectivity index (χ2n) is 27.5. The Labute approximate surface area is 518 Å². The largest absolute Gasteiger partial charge is 0.394 e. The zero-order chi connectivity index (χ0) is 59.1. The van der Waals surface area contributed by atoms with Gasteiger partial charge in [0.05, 0.1) is 18.8 Å². The summed E-state index contributed by atoms with van der Waals surface area (Å²) in [6, 6.07) is -0.534. The second kappa shape index (κ2) is 74.6. The number of aliphatic hydroxyl groups excluding tert-OH is 2. The Morgan fingerprint density at radius 3 is 0.549 bits per heavy atom. The SMILES string of the molecule is CCCCCCCCCCCCCCCCCCCCCCCCCCCCCCCCCCCCCCCCCCCC(=O)NC(CO)C(O)CCCCCCCCCCCCCCCCCCCCCCCCCCCCCCC. The number of carbonyl (C=O) groups is 1. The quantitative estimate of drug-likeness (QED) is 0.0532. The second-order valence-corrected chi connectivity index (χ2v) is 27.5. The van der Waals surface area contributed by atoms with Gasteiger partial charge in [0.2, 0.25) is 5.91 Å². The number of aliphatic hydroxyl groups is 2. The molecule has 0 fully saturated rings. The predicted molar refractivity (Wildman–Crippen MR) is 369 cm³/mol. The Hall–Kier alpha value is -0.610. The molecule has 0 saturated heterocycles. The summed E-state index contributed by atoms with van der Waals surface area (Å²) in [6.07, 6.45) is 99.4. The monoisotopic (exact) mass is 1160 g/mol. The molecule has 4 nitrogen and oxygen atoms in total. The van der Waals surface area contributed by atoms with E-state index in [9.17, 15) is 15.0 Å². The standard InChI is InChI=1S/C78H157NO3/c1-3-5-7-9-11-13-15-17-19-21-23-25-27-29-31-33-34-35-36-37-38-39-40-41-42-43-44-46-48-50-52-54-56-58-60-62-64-66-68-70-72-74-78(82)79-76(75-80)77(81)73-71-69-67-65-63-61-59-57-55-53-51-49-47-45-32-30-28-26-24-22-20-18-16-14-12-10-8-6-4-2/h76-77,80-81H,3-75H2,1-2H3,(H,79,82). The van der Waals surface area contributed by atoms with Crippen LogP contribution in [0.4, 0.5) is 0 Å². The summed E-state index contributed by atoms with van der Waals surface area (Å²) in [5.74, 6) is -0.0181. The van der Waals surface area contributed by atoms with Crippen LogP contribution in [0.25, 0.3) is 0 Å². The first-order valence-electron chi connectivity index (χ1n) is 39.2. The zero-order valence-electron chi connectivity index (χ0n) is 57.1. The normalized spacial score (nSPS) is 12.5. The number of rotatable bonds is 75. The first-order chi connectivity index (χ1) is 40.7. The molecule has 2 atom stereocenters. The Kier molecular flexibility index (Phi) is 74.1. The third-order valence-electron chi connectivity index (χ3n) is 19.1. The van der Waals surface area contributed by atoms with Crippen LogP contribution in [0, 0.1) is 0 Å². The molecule has 492 valence electrons. The summed E-state index contributed by atoms with van der Waals surface area (Å²) in [7, 11) is 0. The van der Waals surface area contributed by atoms with Gasteiger partial charge < -0.3 is 15.5 Å². The van der Waals surface area contributed by atoms with Gasteiger partial charge in [0.15, 0.2) is 0 Å². The van der Waals surface area contributed by atoms with Crippen LogP contribution in [0.15, 0.2) is 0 Å². The molecule has 4 heteroatoms. The van der Waals surface area contributed by atoms with E-state index in [1.807, 2.05) is 0 Å². The van der Waals surface area contributed by atoms with Crippen LogP contribution < -0.4 is 5.32 Å². The lowest BCUT2D eigenvalue weighted by molar-refractivity contribution is -0.123. The van der Waals surface area contributed by atoms with Gasteiger partial charge in [0, 0.05) is 6.42 Å². The van der Waals surface area contributed by atoms with Crippen molar-refractivity contribution >= 4 is 5.91 Å². The van der Waals surface area contributed by atoms with Gasteiger partial charge in [0.1, 0.15) is 0 Å². The highest BCUT2D eigenvalue weighted by atomic mass is 16.3. The van der Waals surface area contributed by atoms with Crippen molar-refractivity contribution in [3.63, 3.8) is 0 Å². The van der Waals surface area contributed by atoms with Crippen LogP contribution in [-0.2, 0) is 4.79 Å². The summed E-state index contributed by atoms with van der Waals surface area (Å²) >= 11 is 0. The maximum Gasteiger partial charge on any atom is 0.220 e. The first kappa shape index (κ1) is 81.4. The third-order valence-corrected chi connectivity index (χ3v) is 19.1. The van der Waals surface area contributed by atoms with Crippen molar-refractivity contribution in [2.24, 2.45) is 0 Å². The van der Waals surface area contributed by atoms with E-state index in [0.717, 1.165) is 25.7 Å².